The van der Waals surface area contributed by atoms with Crippen LogP contribution in [0.1, 0.15) is 29.8 Å². The largest absolute Gasteiger partial charge is 0.475 e. The van der Waals surface area contributed by atoms with Crippen LogP contribution in [0.5, 0.6) is 5.88 Å². The molecule has 0 unspecified atom stereocenters. The molecule has 0 aliphatic carbocycles. The van der Waals surface area contributed by atoms with Gasteiger partial charge in [-0.15, -0.1) is 4.80 Å². The van der Waals surface area contributed by atoms with Crippen molar-refractivity contribution in [3.8, 4) is 11.7 Å². The zero-order valence-corrected chi connectivity index (χ0v) is 15.6. The maximum Gasteiger partial charge on any atom is 0.258 e. The van der Waals surface area contributed by atoms with E-state index in [0.717, 1.165) is 5.56 Å². The molecule has 3 aromatic heterocycles. The van der Waals surface area contributed by atoms with Gasteiger partial charge in [0.15, 0.2) is 5.82 Å². The van der Waals surface area contributed by atoms with Gasteiger partial charge < -0.3 is 9.64 Å². The fraction of sp³-hybridized carbons (Fsp3) is 0.316. The van der Waals surface area contributed by atoms with E-state index in [-0.39, 0.29) is 11.9 Å². The van der Waals surface area contributed by atoms with Crippen LogP contribution in [0.3, 0.4) is 0 Å². The fourth-order valence-electron chi connectivity index (χ4n) is 2.69. The molecule has 140 valence electrons. The molecule has 0 spiro atoms. The Hall–Kier alpha value is -3.29. The number of aromatic nitrogens is 5. The Kier molecular flexibility index (Phi) is 5.75. The fourth-order valence-corrected chi connectivity index (χ4v) is 2.69. The van der Waals surface area contributed by atoms with E-state index >= 15 is 0 Å². The van der Waals surface area contributed by atoms with E-state index in [4.69, 9.17) is 4.74 Å². The van der Waals surface area contributed by atoms with Crippen molar-refractivity contribution in [1.29, 1.82) is 0 Å². The minimum absolute atomic E-state index is 0.147. The van der Waals surface area contributed by atoms with Crippen molar-refractivity contribution in [1.82, 2.24) is 29.9 Å². The molecule has 0 aliphatic heterocycles. The highest BCUT2D eigenvalue weighted by atomic mass is 16.5. The van der Waals surface area contributed by atoms with Crippen molar-refractivity contribution in [3.05, 3.63) is 60.2 Å². The smallest absolute Gasteiger partial charge is 0.258 e. The Morgan fingerprint density at radius 3 is 2.63 bits per heavy atom. The number of ether oxygens (including phenoxy) is 1. The number of amides is 1. The molecule has 3 aromatic rings. The van der Waals surface area contributed by atoms with E-state index in [2.05, 4.69) is 20.2 Å². The zero-order chi connectivity index (χ0) is 19.2. The van der Waals surface area contributed by atoms with Crippen molar-refractivity contribution >= 4 is 5.91 Å². The first-order valence-corrected chi connectivity index (χ1v) is 8.78. The number of rotatable bonds is 7. The lowest BCUT2D eigenvalue weighted by Gasteiger charge is -2.28. The molecule has 0 bridgehead atoms. The SMILES string of the molecule is CCN(C(=O)c1cccnc1-n1nccn1)[C@@H](C)COc1ccc(C)cn1. The van der Waals surface area contributed by atoms with E-state index in [9.17, 15) is 4.79 Å². The number of aryl methyl sites for hydroxylation is 1. The quantitative estimate of drug-likeness (QED) is 0.638. The lowest BCUT2D eigenvalue weighted by atomic mass is 10.2. The molecule has 3 rings (SSSR count). The number of nitrogens with zero attached hydrogens (tertiary/aromatic N) is 6. The molecule has 3 heterocycles. The predicted molar refractivity (Wildman–Crippen MR) is 99.8 cm³/mol. The lowest BCUT2D eigenvalue weighted by Crippen LogP contribution is -2.42. The van der Waals surface area contributed by atoms with Crippen LogP contribution in [-0.2, 0) is 0 Å². The highest BCUT2D eigenvalue weighted by Crippen LogP contribution is 2.15. The molecule has 27 heavy (non-hydrogen) atoms. The highest BCUT2D eigenvalue weighted by Gasteiger charge is 2.24. The van der Waals surface area contributed by atoms with Gasteiger partial charge in [0.25, 0.3) is 5.91 Å². The van der Waals surface area contributed by atoms with Crippen molar-refractivity contribution in [2.75, 3.05) is 13.2 Å². The van der Waals surface area contributed by atoms with Gasteiger partial charge in [0.2, 0.25) is 5.88 Å². The van der Waals surface area contributed by atoms with Gasteiger partial charge in [-0.05, 0) is 38.5 Å². The molecule has 0 fully saturated rings. The van der Waals surface area contributed by atoms with Crippen LogP contribution < -0.4 is 4.74 Å². The Balaban J connectivity index is 1.75. The topological polar surface area (TPSA) is 86.0 Å². The lowest BCUT2D eigenvalue weighted by molar-refractivity contribution is 0.0645. The minimum atomic E-state index is -0.149. The molecule has 8 heteroatoms. The molecule has 0 aromatic carbocycles. The molecule has 0 aliphatic rings. The van der Waals surface area contributed by atoms with E-state index in [1.54, 1.807) is 41.8 Å². The number of likely N-dealkylation sites (N-methyl/N-ethyl adjacent to an activating group) is 1. The van der Waals surface area contributed by atoms with Crippen LogP contribution in [0, 0.1) is 6.92 Å². The predicted octanol–water partition coefficient (Wildman–Crippen LogP) is 2.30. The average molecular weight is 366 g/mol. The molecule has 1 amide bonds. The second-order valence-electron chi connectivity index (χ2n) is 6.12. The summed E-state index contributed by atoms with van der Waals surface area (Å²) in [5.41, 5.74) is 1.51. The molecule has 0 radical (unpaired) electrons. The summed E-state index contributed by atoms with van der Waals surface area (Å²) in [5.74, 6) is 0.795. The van der Waals surface area contributed by atoms with E-state index in [1.807, 2.05) is 32.9 Å². The summed E-state index contributed by atoms with van der Waals surface area (Å²) in [6.45, 7) is 6.71. The molecule has 1 atom stereocenters. The molecule has 0 N–H and O–H groups in total. The first-order valence-electron chi connectivity index (χ1n) is 8.78. The van der Waals surface area contributed by atoms with Crippen LogP contribution in [0.4, 0.5) is 0 Å². The summed E-state index contributed by atoms with van der Waals surface area (Å²) in [6, 6.07) is 7.07. The molecule has 0 saturated heterocycles. The second-order valence-corrected chi connectivity index (χ2v) is 6.12. The van der Waals surface area contributed by atoms with Gasteiger partial charge in [-0.3, -0.25) is 4.79 Å². The summed E-state index contributed by atoms with van der Waals surface area (Å²) in [4.78, 5) is 24.7. The van der Waals surface area contributed by atoms with Crippen LogP contribution in [-0.4, -0.2) is 55.0 Å². The third-order valence-electron chi connectivity index (χ3n) is 4.12. The highest BCUT2D eigenvalue weighted by molar-refractivity contribution is 5.97. The number of carbonyl (C=O) groups is 1. The van der Waals surface area contributed by atoms with Crippen molar-refractivity contribution in [2.45, 2.75) is 26.8 Å². The Morgan fingerprint density at radius 1 is 1.19 bits per heavy atom. The maximum absolute atomic E-state index is 13.1. The molecule has 0 saturated carbocycles. The minimum Gasteiger partial charge on any atom is -0.475 e. The second kappa shape index (κ2) is 8.39. The molecular weight excluding hydrogens is 344 g/mol. The normalized spacial score (nSPS) is 11.8. The monoisotopic (exact) mass is 366 g/mol. The van der Waals surface area contributed by atoms with Gasteiger partial charge in [-0.1, -0.05) is 6.07 Å². The van der Waals surface area contributed by atoms with Gasteiger partial charge >= 0.3 is 0 Å². The van der Waals surface area contributed by atoms with Crippen LogP contribution in [0.2, 0.25) is 0 Å². The van der Waals surface area contributed by atoms with E-state index < -0.39 is 0 Å². The van der Waals surface area contributed by atoms with Crippen LogP contribution in [0.15, 0.2) is 49.1 Å². The number of pyridine rings is 2. The Morgan fingerprint density at radius 2 is 1.96 bits per heavy atom. The number of hydrogen-bond donors (Lipinski definition) is 0. The summed E-state index contributed by atoms with van der Waals surface area (Å²) in [6.07, 6.45) is 6.46. The third-order valence-corrected chi connectivity index (χ3v) is 4.12. The third kappa shape index (κ3) is 4.28. The Labute approximate surface area is 157 Å². The zero-order valence-electron chi connectivity index (χ0n) is 15.6. The Bertz CT molecular complexity index is 879. The summed E-state index contributed by atoms with van der Waals surface area (Å²) in [7, 11) is 0. The average Bonchev–Trinajstić information content (AvgIpc) is 3.22. The summed E-state index contributed by atoms with van der Waals surface area (Å²) < 4.78 is 5.74. The number of carbonyl (C=O) groups excluding carboxylic acids is 1. The maximum atomic E-state index is 13.1. The van der Waals surface area contributed by atoms with Gasteiger partial charge in [0.05, 0.1) is 24.0 Å². The standard InChI is InChI=1S/C19H22N6O2/c1-4-24(15(3)13-27-17-8-7-14(2)12-21-17)19(26)16-6-5-9-20-18(16)25-22-10-11-23-25/h5-12,15H,4,13H2,1-3H3/t15-/m0/s1. The first-order chi connectivity index (χ1) is 13.1. The van der Waals surface area contributed by atoms with Crippen LogP contribution >= 0.6 is 0 Å². The molecular formula is C19H22N6O2. The number of hydrogen-bond acceptors (Lipinski definition) is 6. The summed E-state index contributed by atoms with van der Waals surface area (Å²) in [5, 5.41) is 8.16. The summed E-state index contributed by atoms with van der Waals surface area (Å²) >= 11 is 0. The van der Waals surface area contributed by atoms with Gasteiger partial charge in [0, 0.05) is 25.0 Å². The van der Waals surface area contributed by atoms with Crippen molar-refractivity contribution in [2.24, 2.45) is 0 Å². The van der Waals surface area contributed by atoms with Gasteiger partial charge in [0.1, 0.15) is 6.61 Å². The van der Waals surface area contributed by atoms with E-state index in [0.29, 0.717) is 30.4 Å². The van der Waals surface area contributed by atoms with Crippen molar-refractivity contribution in [3.63, 3.8) is 0 Å². The van der Waals surface area contributed by atoms with Crippen LogP contribution in [0.25, 0.3) is 5.82 Å². The van der Waals surface area contributed by atoms with Gasteiger partial charge in [-0.25, -0.2) is 9.97 Å². The first kappa shape index (κ1) is 18.5. The van der Waals surface area contributed by atoms with E-state index in [1.165, 1.54) is 4.80 Å². The molecule has 8 nitrogen and oxygen atoms in total. The van der Waals surface area contributed by atoms with Gasteiger partial charge in [-0.2, -0.15) is 10.2 Å². The van der Waals surface area contributed by atoms with Crippen molar-refractivity contribution < 1.29 is 9.53 Å².